The summed E-state index contributed by atoms with van der Waals surface area (Å²) in [5.41, 5.74) is 2.10. The fourth-order valence-electron chi connectivity index (χ4n) is 4.70. The first-order chi connectivity index (χ1) is 20.6. The molecule has 1 N–H and O–H groups in total. The molecule has 0 saturated carbocycles. The molecule has 4 aromatic carbocycles. The van der Waals surface area contributed by atoms with Crippen LogP contribution in [0.15, 0.2) is 114 Å². The normalized spacial score (nSPS) is 11.8. The fraction of sp³-hybridized carbons (Fsp3) is 0.188. The zero-order valence-corrected chi connectivity index (χ0v) is 24.6. The first-order valence-corrected chi connectivity index (χ1v) is 15.0. The van der Waals surface area contributed by atoms with E-state index in [1.165, 1.54) is 42.3 Å². The van der Waals surface area contributed by atoms with E-state index in [1.807, 2.05) is 61.5 Å². The maximum Gasteiger partial charge on any atom is 0.271 e. The lowest BCUT2D eigenvalue weighted by atomic mass is 10.0. The lowest BCUT2D eigenvalue weighted by molar-refractivity contribution is -0.384. The average molecular weight is 601 g/mol. The van der Waals surface area contributed by atoms with Gasteiger partial charge in [0.1, 0.15) is 12.6 Å². The van der Waals surface area contributed by atoms with Crippen LogP contribution in [0.4, 0.5) is 11.4 Å². The zero-order chi connectivity index (χ0) is 31.0. The molecule has 0 aliphatic rings. The quantitative estimate of drug-likeness (QED) is 0.189. The van der Waals surface area contributed by atoms with E-state index in [-0.39, 0.29) is 29.2 Å². The molecular weight excluding hydrogens is 568 g/mol. The number of non-ortho nitro benzene ring substituents is 1. The van der Waals surface area contributed by atoms with Crippen molar-refractivity contribution < 1.29 is 22.9 Å². The van der Waals surface area contributed by atoms with E-state index in [9.17, 15) is 28.1 Å². The molecule has 2 amide bonds. The van der Waals surface area contributed by atoms with Gasteiger partial charge in [-0.1, -0.05) is 78.9 Å². The van der Waals surface area contributed by atoms with Crippen LogP contribution in [0, 0.1) is 17.0 Å². The van der Waals surface area contributed by atoms with Crippen LogP contribution in [0.25, 0.3) is 0 Å². The maximum absolute atomic E-state index is 14.3. The largest absolute Gasteiger partial charge is 0.357 e. The summed E-state index contributed by atoms with van der Waals surface area (Å²) in [6.07, 6.45) is 0.181. The number of hydrogen-bond donors (Lipinski definition) is 1. The number of carbonyl (C=O) groups is 2. The highest BCUT2D eigenvalue weighted by Crippen LogP contribution is 2.28. The van der Waals surface area contributed by atoms with E-state index in [0.29, 0.717) is 0 Å². The molecule has 222 valence electrons. The molecule has 1 atom stereocenters. The van der Waals surface area contributed by atoms with Crippen LogP contribution in [0.5, 0.6) is 0 Å². The Kier molecular flexibility index (Phi) is 9.89. The third-order valence-corrected chi connectivity index (χ3v) is 8.85. The molecular formula is C32H32N4O6S. The van der Waals surface area contributed by atoms with Crippen LogP contribution in [0.3, 0.4) is 0 Å². The standard InChI is InChI=1S/C32H32N4O6S/c1-24-12-9-10-15-26(24)22-34(30(32(38)33-2)20-25-13-5-3-6-14-25)31(37)23-35(27-16-11-17-28(21-27)36(39)40)43(41,42)29-18-7-4-8-19-29/h3-19,21,30H,20,22-23H2,1-2H3,(H,33,38)/t30-/m0/s1. The molecule has 0 unspecified atom stereocenters. The average Bonchev–Trinajstić information content (AvgIpc) is 3.02. The molecule has 0 spiro atoms. The number of amides is 2. The van der Waals surface area contributed by atoms with E-state index < -0.39 is 39.3 Å². The molecule has 0 heterocycles. The predicted molar refractivity (Wildman–Crippen MR) is 164 cm³/mol. The van der Waals surface area contributed by atoms with Gasteiger partial charge >= 0.3 is 0 Å². The molecule has 11 heteroatoms. The summed E-state index contributed by atoms with van der Waals surface area (Å²) in [7, 11) is -2.88. The molecule has 10 nitrogen and oxygen atoms in total. The molecule has 0 aliphatic heterocycles. The second kappa shape index (κ2) is 13.8. The number of nitrogens with one attached hydrogen (secondary N) is 1. The molecule has 4 rings (SSSR count). The van der Waals surface area contributed by atoms with Crippen LogP contribution >= 0.6 is 0 Å². The number of hydrogen-bond acceptors (Lipinski definition) is 6. The van der Waals surface area contributed by atoms with Gasteiger partial charge in [0.25, 0.3) is 15.7 Å². The van der Waals surface area contributed by atoms with Crippen molar-refractivity contribution in [3.8, 4) is 0 Å². The van der Waals surface area contributed by atoms with Gasteiger partial charge in [0.15, 0.2) is 0 Å². The third-order valence-electron chi connectivity index (χ3n) is 7.06. The Labute approximate surface area is 250 Å². The molecule has 4 aromatic rings. The minimum atomic E-state index is -4.35. The minimum absolute atomic E-state index is 0.0323. The van der Waals surface area contributed by atoms with Crippen molar-refractivity contribution in [1.29, 1.82) is 0 Å². The van der Waals surface area contributed by atoms with Crippen molar-refractivity contribution in [2.45, 2.75) is 30.8 Å². The molecule has 0 radical (unpaired) electrons. The summed E-state index contributed by atoms with van der Waals surface area (Å²) >= 11 is 0. The Bertz CT molecular complexity index is 1700. The lowest BCUT2D eigenvalue weighted by Gasteiger charge is -2.34. The van der Waals surface area contributed by atoms with Crippen LogP contribution in [-0.2, 0) is 32.6 Å². The van der Waals surface area contributed by atoms with Gasteiger partial charge in [0.05, 0.1) is 15.5 Å². The van der Waals surface area contributed by atoms with Crippen LogP contribution in [-0.4, -0.2) is 49.7 Å². The Morgan fingerprint density at radius 3 is 2.14 bits per heavy atom. The number of nitro groups is 1. The van der Waals surface area contributed by atoms with Crippen molar-refractivity contribution in [3.63, 3.8) is 0 Å². The topological polar surface area (TPSA) is 130 Å². The van der Waals surface area contributed by atoms with E-state index in [0.717, 1.165) is 27.1 Å². The van der Waals surface area contributed by atoms with Gasteiger partial charge in [-0.15, -0.1) is 0 Å². The summed E-state index contributed by atoms with van der Waals surface area (Å²) in [6.45, 7) is 1.22. The lowest BCUT2D eigenvalue weighted by Crippen LogP contribution is -2.53. The number of benzene rings is 4. The summed E-state index contributed by atoms with van der Waals surface area (Å²) in [4.78, 5) is 39.8. The Balaban J connectivity index is 1.82. The minimum Gasteiger partial charge on any atom is -0.357 e. The van der Waals surface area contributed by atoms with Gasteiger partial charge in [-0.3, -0.25) is 24.0 Å². The van der Waals surface area contributed by atoms with Crippen molar-refractivity contribution in [3.05, 3.63) is 136 Å². The fourth-order valence-corrected chi connectivity index (χ4v) is 6.13. The highest BCUT2D eigenvalue weighted by Gasteiger charge is 2.34. The number of aryl methyl sites for hydroxylation is 1. The molecule has 0 bridgehead atoms. The smallest absolute Gasteiger partial charge is 0.271 e. The highest BCUT2D eigenvalue weighted by molar-refractivity contribution is 7.92. The van der Waals surface area contributed by atoms with Gasteiger partial charge in [-0.2, -0.15) is 0 Å². The van der Waals surface area contributed by atoms with Gasteiger partial charge in [-0.25, -0.2) is 8.42 Å². The van der Waals surface area contributed by atoms with E-state index >= 15 is 0 Å². The monoisotopic (exact) mass is 600 g/mol. The summed E-state index contributed by atoms with van der Waals surface area (Å²) in [5, 5.41) is 14.2. The zero-order valence-electron chi connectivity index (χ0n) is 23.8. The summed E-state index contributed by atoms with van der Waals surface area (Å²) in [5.74, 6) is -1.07. The molecule has 0 fully saturated rings. The summed E-state index contributed by atoms with van der Waals surface area (Å²) < 4.78 is 28.7. The van der Waals surface area contributed by atoms with Gasteiger partial charge < -0.3 is 10.2 Å². The highest BCUT2D eigenvalue weighted by atomic mass is 32.2. The molecule has 0 aromatic heterocycles. The number of carbonyl (C=O) groups excluding carboxylic acids is 2. The van der Waals surface area contributed by atoms with E-state index in [1.54, 1.807) is 18.2 Å². The van der Waals surface area contributed by atoms with Crippen molar-refractivity contribution >= 4 is 33.2 Å². The van der Waals surface area contributed by atoms with E-state index in [2.05, 4.69) is 5.32 Å². The van der Waals surface area contributed by atoms with Crippen LogP contribution < -0.4 is 9.62 Å². The Morgan fingerprint density at radius 1 is 0.884 bits per heavy atom. The second-order valence-corrected chi connectivity index (χ2v) is 11.7. The first-order valence-electron chi connectivity index (χ1n) is 13.5. The first kappa shape index (κ1) is 30.9. The molecule has 0 aliphatic carbocycles. The summed E-state index contributed by atoms with van der Waals surface area (Å²) in [6, 6.07) is 28.3. The van der Waals surface area contributed by atoms with Crippen LogP contribution in [0.1, 0.15) is 16.7 Å². The predicted octanol–water partition coefficient (Wildman–Crippen LogP) is 4.48. The van der Waals surface area contributed by atoms with Gasteiger partial charge in [0.2, 0.25) is 11.8 Å². The van der Waals surface area contributed by atoms with Gasteiger partial charge in [-0.05, 0) is 41.8 Å². The maximum atomic E-state index is 14.3. The number of sulfonamides is 1. The van der Waals surface area contributed by atoms with Crippen molar-refractivity contribution in [1.82, 2.24) is 10.2 Å². The molecule has 0 saturated heterocycles. The Morgan fingerprint density at radius 2 is 1.51 bits per heavy atom. The van der Waals surface area contributed by atoms with Gasteiger partial charge in [0, 0.05) is 32.1 Å². The number of nitro benzene ring substituents is 1. The number of anilines is 1. The number of likely N-dealkylation sites (N-methyl/N-ethyl adjacent to an activating group) is 1. The van der Waals surface area contributed by atoms with E-state index in [4.69, 9.17) is 0 Å². The van der Waals surface area contributed by atoms with Crippen molar-refractivity contribution in [2.75, 3.05) is 17.9 Å². The SMILES string of the molecule is CNC(=O)[C@H](Cc1ccccc1)N(Cc1ccccc1C)C(=O)CN(c1cccc([N+](=O)[O-])c1)S(=O)(=O)c1ccccc1. The number of rotatable bonds is 12. The van der Waals surface area contributed by atoms with Crippen molar-refractivity contribution in [2.24, 2.45) is 0 Å². The third kappa shape index (κ3) is 7.44. The second-order valence-electron chi connectivity index (χ2n) is 9.87. The number of nitrogens with zero attached hydrogens (tertiary/aromatic N) is 3. The van der Waals surface area contributed by atoms with Crippen LogP contribution in [0.2, 0.25) is 0 Å². The molecule has 43 heavy (non-hydrogen) atoms. The Hall–Kier alpha value is -5.03.